The average Bonchev–Trinajstić information content (AvgIpc) is 2.82. The molecule has 0 aliphatic rings. The van der Waals surface area contributed by atoms with Gasteiger partial charge in [-0.2, -0.15) is 0 Å². The van der Waals surface area contributed by atoms with E-state index in [0.717, 1.165) is 5.56 Å². The van der Waals surface area contributed by atoms with Crippen molar-refractivity contribution in [1.82, 2.24) is 5.32 Å². The summed E-state index contributed by atoms with van der Waals surface area (Å²) in [6, 6.07) is 7.02. The molecule has 0 aromatic heterocycles. The topological polar surface area (TPSA) is 128 Å². The van der Waals surface area contributed by atoms with Crippen LogP contribution in [0.4, 0.5) is 0 Å². The quantitative estimate of drug-likeness (QED) is 0.197. The third-order valence-corrected chi connectivity index (χ3v) is 6.01. The van der Waals surface area contributed by atoms with Crippen LogP contribution in [-0.4, -0.2) is 59.9 Å². The predicted molar refractivity (Wildman–Crippen MR) is 139 cm³/mol. The Hall–Kier alpha value is -2.94. The van der Waals surface area contributed by atoms with E-state index < -0.39 is 35.0 Å². The summed E-state index contributed by atoms with van der Waals surface area (Å²) in [5.41, 5.74) is -1.99. The highest BCUT2D eigenvalue weighted by atomic mass is 16.6. The summed E-state index contributed by atoms with van der Waals surface area (Å²) >= 11 is 0. The zero-order valence-electron chi connectivity index (χ0n) is 23.3. The van der Waals surface area contributed by atoms with Crippen LogP contribution in [0.1, 0.15) is 96.5 Å². The number of rotatable bonds is 15. The summed E-state index contributed by atoms with van der Waals surface area (Å²) in [6.45, 7) is 12.7. The summed E-state index contributed by atoms with van der Waals surface area (Å²) in [6.07, 6.45) is 2.32. The maximum atomic E-state index is 13.2. The van der Waals surface area contributed by atoms with Crippen LogP contribution in [-0.2, 0) is 34.0 Å². The maximum absolute atomic E-state index is 13.2. The number of nitrogens with one attached hydrogen (secondary N) is 1. The Kier molecular flexibility index (Phi) is 12.2. The first-order chi connectivity index (χ1) is 17.2. The highest BCUT2D eigenvalue weighted by Crippen LogP contribution is 2.24. The van der Waals surface area contributed by atoms with Crippen molar-refractivity contribution in [2.45, 2.75) is 97.1 Å². The molecular weight excluding hydrogens is 478 g/mol. The van der Waals surface area contributed by atoms with E-state index in [-0.39, 0.29) is 31.7 Å². The van der Waals surface area contributed by atoms with Crippen LogP contribution in [0, 0.1) is 0 Å². The van der Waals surface area contributed by atoms with Gasteiger partial charge in [0.05, 0.1) is 13.2 Å². The number of ether oxygens (including phenoxy) is 3. The second-order valence-electron chi connectivity index (χ2n) is 10.5. The van der Waals surface area contributed by atoms with Crippen molar-refractivity contribution in [3.63, 3.8) is 0 Å². The van der Waals surface area contributed by atoms with Crippen molar-refractivity contribution in [1.29, 1.82) is 0 Å². The Morgan fingerprint density at radius 1 is 0.811 bits per heavy atom. The molecule has 0 unspecified atom stereocenters. The van der Waals surface area contributed by atoms with Gasteiger partial charge in [0.2, 0.25) is 5.54 Å². The minimum atomic E-state index is -1.98. The highest BCUT2D eigenvalue weighted by Gasteiger charge is 2.50. The van der Waals surface area contributed by atoms with Crippen molar-refractivity contribution in [3.8, 4) is 0 Å². The lowest BCUT2D eigenvalue weighted by Crippen LogP contribution is -2.61. The van der Waals surface area contributed by atoms with Crippen molar-refractivity contribution < 1.29 is 38.5 Å². The van der Waals surface area contributed by atoms with E-state index in [9.17, 15) is 19.2 Å². The monoisotopic (exact) mass is 521 g/mol. The van der Waals surface area contributed by atoms with Crippen LogP contribution in [0.5, 0.6) is 0 Å². The normalized spacial score (nSPS) is 12.1. The minimum Gasteiger partial charge on any atom is -0.479 e. The third kappa shape index (κ3) is 9.46. The van der Waals surface area contributed by atoms with E-state index in [1.54, 1.807) is 26.0 Å². The first-order valence-corrected chi connectivity index (χ1v) is 12.9. The Bertz CT molecular complexity index is 897. The van der Waals surface area contributed by atoms with E-state index in [1.807, 2.05) is 12.1 Å². The molecule has 1 aromatic rings. The van der Waals surface area contributed by atoms with Gasteiger partial charge >= 0.3 is 17.9 Å². The smallest absolute Gasteiger partial charge is 0.343 e. The molecule has 0 aliphatic carbocycles. The molecule has 1 rings (SSSR count). The molecule has 0 fully saturated rings. The molecule has 37 heavy (non-hydrogen) atoms. The fourth-order valence-electron chi connectivity index (χ4n) is 3.58. The SMILES string of the molecule is CCOC(=O)C(CCCCCCOC(C)(C)C(=O)O)(NC(=O)c1ccc(C(C)(C)C)cc1)C(=O)OCC. The average molecular weight is 522 g/mol. The number of unbranched alkanes of at least 4 members (excludes halogenated alkanes) is 3. The summed E-state index contributed by atoms with van der Waals surface area (Å²) in [7, 11) is 0. The second kappa shape index (κ2) is 14.1. The number of aliphatic carboxylic acids is 1. The van der Waals surface area contributed by atoms with E-state index >= 15 is 0 Å². The number of hydrogen-bond donors (Lipinski definition) is 2. The Labute approximate surface area is 220 Å². The molecule has 0 atom stereocenters. The standard InChI is InChI=1S/C28H43NO8/c1-8-35-24(33)28(25(34)36-9-2,18-12-10-11-13-19-37-27(6,7)23(31)32)29-22(30)20-14-16-21(17-15-20)26(3,4)5/h14-17H,8-13,18-19H2,1-7H3,(H,29,30)(H,31,32). The molecule has 9 nitrogen and oxygen atoms in total. The molecule has 0 aliphatic heterocycles. The van der Waals surface area contributed by atoms with Gasteiger partial charge in [-0.25, -0.2) is 14.4 Å². The van der Waals surface area contributed by atoms with Crippen molar-refractivity contribution in [2.75, 3.05) is 19.8 Å². The number of carboxylic acids is 1. The Morgan fingerprint density at radius 3 is 1.78 bits per heavy atom. The van der Waals surface area contributed by atoms with Gasteiger partial charge < -0.3 is 24.6 Å². The van der Waals surface area contributed by atoms with Crippen LogP contribution < -0.4 is 5.32 Å². The van der Waals surface area contributed by atoms with Crippen molar-refractivity contribution in [3.05, 3.63) is 35.4 Å². The van der Waals surface area contributed by atoms with Gasteiger partial charge in [-0.05, 0) is 70.1 Å². The molecule has 0 saturated carbocycles. The van der Waals surface area contributed by atoms with Gasteiger partial charge in [-0.15, -0.1) is 0 Å². The molecule has 1 aromatic carbocycles. The van der Waals surface area contributed by atoms with Gasteiger partial charge in [0.1, 0.15) is 0 Å². The van der Waals surface area contributed by atoms with Gasteiger partial charge in [0.15, 0.2) is 5.60 Å². The zero-order chi connectivity index (χ0) is 28.3. The maximum Gasteiger partial charge on any atom is 0.343 e. The van der Waals surface area contributed by atoms with E-state index in [1.165, 1.54) is 13.8 Å². The lowest BCUT2D eigenvalue weighted by Gasteiger charge is -2.30. The molecule has 0 spiro atoms. The van der Waals surface area contributed by atoms with Gasteiger partial charge in [0.25, 0.3) is 5.91 Å². The number of esters is 2. The molecular formula is C28H43NO8. The first-order valence-electron chi connectivity index (χ1n) is 12.9. The van der Waals surface area contributed by atoms with Crippen LogP contribution in [0.3, 0.4) is 0 Å². The van der Waals surface area contributed by atoms with Crippen molar-refractivity contribution >= 4 is 23.8 Å². The minimum absolute atomic E-state index is 0.00203. The first kappa shape index (κ1) is 32.1. The van der Waals surface area contributed by atoms with E-state index in [2.05, 4.69) is 26.1 Å². The Balaban J connectivity index is 2.99. The fourth-order valence-corrected chi connectivity index (χ4v) is 3.58. The predicted octanol–water partition coefficient (Wildman–Crippen LogP) is 4.41. The molecule has 1 amide bonds. The summed E-state index contributed by atoms with van der Waals surface area (Å²) in [5, 5.41) is 11.7. The number of carbonyl (C=O) groups excluding carboxylic acids is 3. The zero-order valence-corrected chi connectivity index (χ0v) is 23.3. The number of hydrogen-bond acceptors (Lipinski definition) is 7. The van der Waals surface area contributed by atoms with Gasteiger partial charge in [-0.1, -0.05) is 45.7 Å². The van der Waals surface area contributed by atoms with E-state index in [0.29, 0.717) is 31.2 Å². The number of amides is 1. The summed E-state index contributed by atoms with van der Waals surface area (Å²) in [4.78, 5) is 50.4. The van der Waals surface area contributed by atoms with Crippen LogP contribution >= 0.6 is 0 Å². The molecule has 0 bridgehead atoms. The molecule has 208 valence electrons. The number of carbonyl (C=O) groups is 4. The molecule has 2 N–H and O–H groups in total. The Morgan fingerprint density at radius 2 is 1.32 bits per heavy atom. The van der Waals surface area contributed by atoms with Gasteiger partial charge in [0, 0.05) is 12.2 Å². The molecule has 0 saturated heterocycles. The third-order valence-electron chi connectivity index (χ3n) is 6.01. The lowest BCUT2D eigenvalue weighted by molar-refractivity contribution is -0.166. The molecule has 9 heteroatoms. The largest absolute Gasteiger partial charge is 0.479 e. The number of carboxylic acid groups (broad SMARTS) is 1. The van der Waals surface area contributed by atoms with Gasteiger partial charge in [-0.3, -0.25) is 4.79 Å². The summed E-state index contributed by atoms with van der Waals surface area (Å²) < 4.78 is 15.8. The molecule has 0 radical (unpaired) electrons. The summed E-state index contributed by atoms with van der Waals surface area (Å²) in [5.74, 6) is -3.34. The lowest BCUT2D eigenvalue weighted by atomic mass is 9.86. The van der Waals surface area contributed by atoms with Crippen LogP contribution in [0.2, 0.25) is 0 Å². The van der Waals surface area contributed by atoms with Crippen LogP contribution in [0.25, 0.3) is 0 Å². The fraction of sp³-hybridized carbons (Fsp3) is 0.643. The second-order valence-corrected chi connectivity index (χ2v) is 10.5. The number of benzene rings is 1. The van der Waals surface area contributed by atoms with Crippen molar-refractivity contribution in [2.24, 2.45) is 0 Å². The van der Waals surface area contributed by atoms with E-state index in [4.69, 9.17) is 19.3 Å². The van der Waals surface area contributed by atoms with Crippen LogP contribution in [0.15, 0.2) is 24.3 Å². The molecule has 0 heterocycles. The highest BCUT2D eigenvalue weighted by molar-refractivity contribution is 6.10.